The van der Waals surface area contributed by atoms with Crippen molar-refractivity contribution in [3.8, 4) is 0 Å². The number of rotatable bonds is 5. The highest BCUT2D eigenvalue weighted by molar-refractivity contribution is 4.87. The molecule has 5 unspecified atom stereocenters. The van der Waals surface area contributed by atoms with Gasteiger partial charge in [-0.15, -0.1) is 0 Å². The van der Waals surface area contributed by atoms with E-state index in [9.17, 15) is 0 Å². The molecule has 0 radical (unpaired) electrons. The summed E-state index contributed by atoms with van der Waals surface area (Å²) in [5.74, 6) is 3.67. The second-order valence-electron chi connectivity index (χ2n) is 7.51. The average molecular weight is 280 g/mol. The molecule has 1 heterocycles. The second kappa shape index (κ2) is 7.79. The number of likely N-dealkylation sites (tertiary alicyclic amines) is 1. The summed E-state index contributed by atoms with van der Waals surface area (Å²) < 4.78 is 0. The summed E-state index contributed by atoms with van der Waals surface area (Å²) in [4.78, 5) is 2.76. The lowest BCUT2D eigenvalue weighted by atomic mass is 9.76. The summed E-state index contributed by atoms with van der Waals surface area (Å²) in [5.41, 5.74) is 0. The number of piperidine rings is 1. The molecule has 1 aliphatic heterocycles. The van der Waals surface area contributed by atoms with Crippen molar-refractivity contribution in [2.24, 2.45) is 23.7 Å². The van der Waals surface area contributed by atoms with Gasteiger partial charge >= 0.3 is 0 Å². The van der Waals surface area contributed by atoms with Crippen LogP contribution in [-0.4, -0.2) is 37.1 Å². The van der Waals surface area contributed by atoms with E-state index in [1.165, 1.54) is 51.7 Å². The lowest BCUT2D eigenvalue weighted by Gasteiger charge is -2.42. The van der Waals surface area contributed by atoms with E-state index in [0.717, 1.165) is 36.3 Å². The van der Waals surface area contributed by atoms with E-state index in [1.54, 1.807) is 0 Å². The van der Waals surface area contributed by atoms with Gasteiger partial charge < -0.3 is 10.2 Å². The third kappa shape index (κ3) is 4.21. The van der Waals surface area contributed by atoms with Crippen LogP contribution in [0.3, 0.4) is 0 Å². The number of hydrogen-bond donors (Lipinski definition) is 1. The molecular formula is C18H36N2. The summed E-state index contributed by atoms with van der Waals surface area (Å²) in [6.07, 6.45) is 7.07. The Bertz CT molecular complexity index is 279. The fourth-order valence-electron chi connectivity index (χ4n) is 4.31. The second-order valence-corrected chi connectivity index (χ2v) is 7.51. The Labute approximate surface area is 126 Å². The molecule has 0 bridgehead atoms. The standard InChI is InChI=1S/C18H36N2/c1-5-16-7-8-18(19-6-2)17(11-16)13-20-10-9-14(3)15(4)12-20/h14-19H,5-13H2,1-4H3. The Balaban J connectivity index is 1.89. The molecular weight excluding hydrogens is 244 g/mol. The topological polar surface area (TPSA) is 15.3 Å². The molecule has 1 saturated heterocycles. The smallest absolute Gasteiger partial charge is 0.0108 e. The molecule has 0 spiro atoms. The van der Waals surface area contributed by atoms with Crippen LogP contribution in [0.4, 0.5) is 0 Å². The molecule has 2 aliphatic rings. The quantitative estimate of drug-likeness (QED) is 0.824. The van der Waals surface area contributed by atoms with Gasteiger partial charge in [-0.1, -0.05) is 34.1 Å². The van der Waals surface area contributed by atoms with E-state index in [-0.39, 0.29) is 0 Å². The number of nitrogens with one attached hydrogen (secondary N) is 1. The summed E-state index contributed by atoms with van der Waals surface area (Å²) in [6.45, 7) is 14.6. The summed E-state index contributed by atoms with van der Waals surface area (Å²) >= 11 is 0. The first-order valence-corrected chi connectivity index (χ1v) is 9.09. The van der Waals surface area contributed by atoms with Crippen molar-refractivity contribution in [3.05, 3.63) is 0 Å². The molecule has 0 amide bonds. The molecule has 2 rings (SSSR count). The van der Waals surface area contributed by atoms with Crippen molar-refractivity contribution in [2.45, 2.75) is 65.8 Å². The highest BCUT2D eigenvalue weighted by Crippen LogP contribution is 2.33. The van der Waals surface area contributed by atoms with Gasteiger partial charge in [0.15, 0.2) is 0 Å². The molecule has 1 saturated carbocycles. The van der Waals surface area contributed by atoms with Gasteiger partial charge in [0.1, 0.15) is 0 Å². The molecule has 2 nitrogen and oxygen atoms in total. The predicted molar refractivity (Wildman–Crippen MR) is 88.0 cm³/mol. The Morgan fingerprint density at radius 3 is 2.50 bits per heavy atom. The Hall–Kier alpha value is -0.0800. The molecule has 2 heteroatoms. The first-order valence-electron chi connectivity index (χ1n) is 9.09. The minimum atomic E-state index is 0.775. The van der Waals surface area contributed by atoms with Crippen LogP contribution in [0, 0.1) is 23.7 Å². The van der Waals surface area contributed by atoms with Crippen LogP contribution >= 0.6 is 0 Å². The minimum Gasteiger partial charge on any atom is -0.314 e. The third-order valence-corrected chi connectivity index (χ3v) is 6.05. The number of nitrogens with zero attached hydrogens (tertiary/aromatic N) is 1. The maximum Gasteiger partial charge on any atom is 0.0108 e. The van der Waals surface area contributed by atoms with Crippen molar-refractivity contribution < 1.29 is 0 Å². The van der Waals surface area contributed by atoms with Crippen LogP contribution < -0.4 is 5.32 Å². The lowest BCUT2D eigenvalue weighted by molar-refractivity contribution is 0.0875. The van der Waals surface area contributed by atoms with Gasteiger partial charge in [-0.2, -0.15) is 0 Å². The van der Waals surface area contributed by atoms with Gasteiger partial charge in [0.2, 0.25) is 0 Å². The maximum atomic E-state index is 3.76. The van der Waals surface area contributed by atoms with Crippen molar-refractivity contribution in [1.82, 2.24) is 10.2 Å². The highest BCUT2D eigenvalue weighted by atomic mass is 15.1. The normalized spacial score (nSPS) is 39.9. The van der Waals surface area contributed by atoms with Crippen molar-refractivity contribution >= 4 is 0 Å². The summed E-state index contributed by atoms with van der Waals surface area (Å²) in [5, 5.41) is 3.76. The van der Waals surface area contributed by atoms with E-state index < -0.39 is 0 Å². The van der Waals surface area contributed by atoms with Crippen LogP contribution in [0.15, 0.2) is 0 Å². The predicted octanol–water partition coefficient (Wildman–Crippen LogP) is 3.77. The van der Waals surface area contributed by atoms with Crippen LogP contribution in [0.1, 0.15) is 59.8 Å². The van der Waals surface area contributed by atoms with Crippen LogP contribution in [0.2, 0.25) is 0 Å². The van der Waals surface area contributed by atoms with Crippen LogP contribution in [0.25, 0.3) is 0 Å². The molecule has 118 valence electrons. The lowest BCUT2D eigenvalue weighted by Crippen LogP contribution is -2.48. The molecule has 5 atom stereocenters. The van der Waals surface area contributed by atoms with E-state index in [1.807, 2.05) is 0 Å². The molecule has 0 aromatic carbocycles. The highest BCUT2D eigenvalue weighted by Gasteiger charge is 2.32. The maximum absolute atomic E-state index is 3.76. The van der Waals surface area contributed by atoms with E-state index in [2.05, 4.69) is 37.9 Å². The SMILES string of the molecule is CCNC1CCC(CC)CC1CN1CCC(C)C(C)C1. The van der Waals surface area contributed by atoms with Gasteiger partial charge in [0, 0.05) is 19.1 Å². The van der Waals surface area contributed by atoms with Gasteiger partial charge in [0.05, 0.1) is 0 Å². The zero-order valence-corrected chi connectivity index (χ0v) is 14.2. The molecule has 0 aromatic rings. The van der Waals surface area contributed by atoms with Gasteiger partial charge in [-0.05, 0) is 62.4 Å². The zero-order chi connectivity index (χ0) is 14.5. The van der Waals surface area contributed by atoms with E-state index in [0.29, 0.717) is 0 Å². The fourth-order valence-corrected chi connectivity index (χ4v) is 4.31. The molecule has 0 aromatic heterocycles. The van der Waals surface area contributed by atoms with Crippen molar-refractivity contribution in [1.29, 1.82) is 0 Å². The minimum absolute atomic E-state index is 0.775. The fraction of sp³-hybridized carbons (Fsp3) is 1.00. The molecule has 20 heavy (non-hydrogen) atoms. The number of hydrogen-bond acceptors (Lipinski definition) is 2. The molecule has 1 aliphatic carbocycles. The molecule has 2 fully saturated rings. The Morgan fingerprint density at radius 1 is 1.05 bits per heavy atom. The molecule has 1 N–H and O–H groups in total. The van der Waals surface area contributed by atoms with Gasteiger partial charge in [0.25, 0.3) is 0 Å². The third-order valence-electron chi connectivity index (χ3n) is 6.05. The van der Waals surface area contributed by atoms with E-state index in [4.69, 9.17) is 0 Å². The zero-order valence-electron chi connectivity index (χ0n) is 14.2. The van der Waals surface area contributed by atoms with Gasteiger partial charge in [-0.3, -0.25) is 0 Å². The van der Waals surface area contributed by atoms with Crippen LogP contribution in [0.5, 0.6) is 0 Å². The van der Waals surface area contributed by atoms with E-state index >= 15 is 0 Å². The van der Waals surface area contributed by atoms with Crippen LogP contribution in [-0.2, 0) is 0 Å². The first-order chi connectivity index (χ1) is 9.63. The Kier molecular flexibility index (Phi) is 6.35. The largest absolute Gasteiger partial charge is 0.314 e. The van der Waals surface area contributed by atoms with Crippen molar-refractivity contribution in [3.63, 3.8) is 0 Å². The average Bonchev–Trinajstić information content (AvgIpc) is 2.45. The monoisotopic (exact) mass is 280 g/mol. The Morgan fingerprint density at radius 2 is 1.85 bits per heavy atom. The van der Waals surface area contributed by atoms with Gasteiger partial charge in [-0.25, -0.2) is 0 Å². The summed E-state index contributed by atoms with van der Waals surface area (Å²) in [6, 6.07) is 0.775. The summed E-state index contributed by atoms with van der Waals surface area (Å²) in [7, 11) is 0. The first kappa shape index (κ1) is 16.3. The van der Waals surface area contributed by atoms with Crippen molar-refractivity contribution in [2.75, 3.05) is 26.2 Å².